The maximum absolute atomic E-state index is 13.4. The van der Waals surface area contributed by atoms with Crippen LogP contribution < -0.4 is 5.32 Å². The van der Waals surface area contributed by atoms with Crippen molar-refractivity contribution in [1.82, 2.24) is 10.2 Å². The van der Waals surface area contributed by atoms with Gasteiger partial charge in [0.15, 0.2) is 0 Å². The predicted molar refractivity (Wildman–Crippen MR) is 137 cm³/mol. The molecule has 5 nitrogen and oxygen atoms in total. The average Bonchev–Trinajstić information content (AvgIpc) is 2.75. The topological polar surface area (TPSA) is 58.6 Å². The van der Waals surface area contributed by atoms with Crippen LogP contribution in [-0.2, 0) is 21.5 Å². The minimum atomic E-state index is -1.12. The number of carbonyl (C=O) groups is 2. The molecule has 1 aliphatic heterocycles. The molecule has 184 valence electrons. The first kappa shape index (κ1) is 26.0. The van der Waals surface area contributed by atoms with E-state index < -0.39 is 11.5 Å². The quantitative estimate of drug-likeness (QED) is 0.596. The van der Waals surface area contributed by atoms with Crippen LogP contribution in [0.15, 0.2) is 54.6 Å². The number of likely N-dealkylation sites (tertiary alicyclic amines) is 1. The number of benzene rings is 2. The second-order valence-corrected chi connectivity index (χ2v) is 11.9. The van der Waals surface area contributed by atoms with Gasteiger partial charge in [-0.3, -0.25) is 9.69 Å². The summed E-state index contributed by atoms with van der Waals surface area (Å²) in [6.07, 6.45) is 0.906. The number of carbonyl (C=O) groups excluding carboxylic acids is 2. The maximum Gasteiger partial charge on any atom is 0.331 e. The number of rotatable bonds is 5. The van der Waals surface area contributed by atoms with Crippen molar-refractivity contribution in [2.45, 2.75) is 89.9 Å². The summed E-state index contributed by atoms with van der Waals surface area (Å²) in [4.78, 5) is 29.0. The molecule has 34 heavy (non-hydrogen) atoms. The van der Waals surface area contributed by atoms with Gasteiger partial charge in [0.05, 0.1) is 7.11 Å². The van der Waals surface area contributed by atoms with Crippen molar-refractivity contribution in [2.24, 2.45) is 0 Å². The molecule has 0 spiro atoms. The summed E-state index contributed by atoms with van der Waals surface area (Å²) >= 11 is 0. The van der Waals surface area contributed by atoms with Gasteiger partial charge in [0, 0.05) is 23.2 Å². The van der Waals surface area contributed by atoms with Crippen LogP contribution in [0.3, 0.4) is 0 Å². The Morgan fingerprint density at radius 2 is 1.44 bits per heavy atom. The largest absolute Gasteiger partial charge is 0.467 e. The van der Waals surface area contributed by atoms with E-state index in [1.165, 1.54) is 12.7 Å². The Morgan fingerprint density at radius 1 is 0.912 bits per heavy atom. The van der Waals surface area contributed by atoms with Crippen LogP contribution in [0.4, 0.5) is 0 Å². The molecule has 0 unspecified atom stereocenters. The lowest BCUT2D eigenvalue weighted by atomic mass is 9.68. The molecular formula is C29H40N2O3. The van der Waals surface area contributed by atoms with Crippen LogP contribution in [0, 0.1) is 0 Å². The highest BCUT2D eigenvalue weighted by molar-refractivity contribution is 5.98. The SMILES string of the molecule is COC(=O)C1(NC(=O)c2ccc(C(C)(C)C)cc2)CC(C)(C)N(Cc2ccccc2)C(C)(C)C1. The fourth-order valence-electron chi connectivity index (χ4n) is 5.63. The van der Waals surface area contributed by atoms with E-state index in [2.05, 4.69) is 70.8 Å². The fraction of sp³-hybridized carbons (Fsp3) is 0.517. The van der Waals surface area contributed by atoms with E-state index in [-0.39, 0.29) is 22.4 Å². The van der Waals surface area contributed by atoms with Crippen LogP contribution in [0.5, 0.6) is 0 Å². The smallest absolute Gasteiger partial charge is 0.331 e. The molecule has 1 saturated heterocycles. The fourth-order valence-corrected chi connectivity index (χ4v) is 5.63. The van der Waals surface area contributed by atoms with E-state index >= 15 is 0 Å². The second-order valence-electron chi connectivity index (χ2n) is 11.9. The molecule has 1 N–H and O–H groups in total. The third-order valence-corrected chi connectivity index (χ3v) is 7.06. The maximum atomic E-state index is 13.4. The van der Waals surface area contributed by atoms with Crippen molar-refractivity contribution in [3.8, 4) is 0 Å². The van der Waals surface area contributed by atoms with Gasteiger partial charge in [-0.25, -0.2) is 4.79 Å². The Bertz CT molecular complexity index is 1000. The second kappa shape index (κ2) is 9.18. The number of nitrogens with zero attached hydrogens (tertiary/aromatic N) is 1. The Kier molecular flexibility index (Phi) is 7.01. The Balaban J connectivity index is 1.91. The van der Waals surface area contributed by atoms with E-state index in [1.54, 1.807) is 0 Å². The molecule has 0 radical (unpaired) electrons. The first-order valence-corrected chi connectivity index (χ1v) is 12.0. The molecule has 1 heterocycles. The zero-order valence-corrected chi connectivity index (χ0v) is 22.0. The third-order valence-electron chi connectivity index (χ3n) is 7.06. The predicted octanol–water partition coefficient (Wildman–Crippen LogP) is 5.48. The van der Waals surface area contributed by atoms with Crippen molar-refractivity contribution in [3.05, 3.63) is 71.3 Å². The number of nitrogens with one attached hydrogen (secondary N) is 1. The van der Waals surface area contributed by atoms with E-state index in [0.29, 0.717) is 18.4 Å². The summed E-state index contributed by atoms with van der Waals surface area (Å²) in [7, 11) is 1.39. The highest BCUT2D eigenvalue weighted by atomic mass is 16.5. The summed E-state index contributed by atoms with van der Waals surface area (Å²) < 4.78 is 5.26. The number of methoxy groups -OCH3 is 1. The molecule has 0 aliphatic carbocycles. The van der Waals surface area contributed by atoms with Gasteiger partial charge in [0.2, 0.25) is 0 Å². The molecule has 0 saturated carbocycles. The average molecular weight is 465 g/mol. The zero-order valence-electron chi connectivity index (χ0n) is 22.0. The van der Waals surface area contributed by atoms with Gasteiger partial charge in [0.1, 0.15) is 5.54 Å². The molecule has 2 aromatic carbocycles. The standard InChI is InChI=1S/C29H40N2O3/c1-26(2,3)23-16-14-22(15-17-23)24(32)30-29(25(33)34-8)19-27(4,5)31(28(6,7)20-29)18-21-12-10-9-11-13-21/h9-17H,18-20H2,1-8H3,(H,30,32). The highest BCUT2D eigenvalue weighted by Crippen LogP contribution is 2.45. The summed E-state index contributed by atoms with van der Waals surface area (Å²) in [5.41, 5.74) is 1.07. The van der Waals surface area contributed by atoms with Crippen molar-refractivity contribution in [2.75, 3.05) is 7.11 Å². The Hall–Kier alpha value is -2.66. The summed E-state index contributed by atoms with van der Waals surface area (Å²) in [6.45, 7) is 15.7. The van der Waals surface area contributed by atoms with Crippen LogP contribution in [-0.4, -0.2) is 40.5 Å². The van der Waals surface area contributed by atoms with Gasteiger partial charge in [-0.15, -0.1) is 0 Å². The molecule has 1 amide bonds. The van der Waals surface area contributed by atoms with E-state index in [9.17, 15) is 9.59 Å². The summed E-state index contributed by atoms with van der Waals surface area (Å²) in [5, 5.41) is 3.11. The Morgan fingerprint density at radius 3 is 1.91 bits per heavy atom. The summed E-state index contributed by atoms with van der Waals surface area (Å²) in [6, 6.07) is 18.0. The third kappa shape index (κ3) is 5.35. The number of piperidine rings is 1. The number of hydrogen-bond donors (Lipinski definition) is 1. The molecule has 5 heteroatoms. The lowest BCUT2D eigenvalue weighted by Crippen LogP contribution is -2.71. The highest BCUT2D eigenvalue weighted by Gasteiger charge is 2.57. The van der Waals surface area contributed by atoms with Crippen molar-refractivity contribution < 1.29 is 14.3 Å². The van der Waals surface area contributed by atoms with E-state index in [1.807, 2.05) is 42.5 Å². The van der Waals surface area contributed by atoms with Gasteiger partial charge in [-0.2, -0.15) is 0 Å². The van der Waals surface area contributed by atoms with Gasteiger partial charge in [-0.1, -0.05) is 63.2 Å². The lowest BCUT2D eigenvalue weighted by molar-refractivity contribution is -0.159. The molecule has 2 aromatic rings. The van der Waals surface area contributed by atoms with Crippen LogP contribution in [0.2, 0.25) is 0 Å². The van der Waals surface area contributed by atoms with Gasteiger partial charge < -0.3 is 10.1 Å². The van der Waals surface area contributed by atoms with Crippen LogP contribution >= 0.6 is 0 Å². The number of esters is 1. The first-order valence-electron chi connectivity index (χ1n) is 12.0. The van der Waals surface area contributed by atoms with E-state index in [0.717, 1.165) is 12.1 Å². The molecule has 0 atom stereocenters. The Labute approximate surface area is 204 Å². The molecule has 0 bridgehead atoms. The minimum Gasteiger partial charge on any atom is -0.467 e. The molecular weight excluding hydrogens is 424 g/mol. The molecule has 3 rings (SSSR count). The normalized spacial score (nSPS) is 19.3. The number of ether oxygens (including phenoxy) is 1. The number of amides is 1. The van der Waals surface area contributed by atoms with Crippen LogP contribution in [0.25, 0.3) is 0 Å². The zero-order chi connectivity index (χ0) is 25.4. The van der Waals surface area contributed by atoms with Gasteiger partial charge >= 0.3 is 5.97 Å². The number of hydrogen-bond acceptors (Lipinski definition) is 4. The first-order chi connectivity index (χ1) is 15.7. The van der Waals surface area contributed by atoms with Crippen molar-refractivity contribution >= 4 is 11.9 Å². The molecule has 1 fully saturated rings. The van der Waals surface area contributed by atoms with Gasteiger partial charge in [0.25, 0.3) is 5.91 Å². The van der Waals surface area contributed by atoms with Crippen molar-refractivity contribution in [3.63, 3.8) is 0 Å². The monoisotopic (exact) mass is 464 g/mol. The van der Waals surface area contributed by atoms with Crippen molar-refractivity contribution in [1.29, 1.82) is 0 Å². The van der Waals surface area contributed by atoms with E-state index in [4.69, 9.17) is 4.74 Å². The minimum absolute atomic E-state index is 0.00186. The molecule has 1 aliphatic rings. The molecule has 0 aromatic heterocycles. The lowest BCUT2D eigenvalue weighted by Gasteiger charge is -2.58. The van der Waals surface area contributed by atoms with Gasteiger partial charge in [-0.05, 0) is 69.2 Å². The van der Waals surface area contributed by atoms with Crippen LogP contribution in [0.1, 0.15) is 82.8 Å². The summed E-state index contributed by atoms with van der Waals surface area (Å²) in [5.74, 6) is -0.651.